The Labute approximate surface area is 112 Å². The number of likely N-dealkylation sites (N-methyl/N-ethyl adjacent to an activating group) is 2. The lowest BCUT2D eigenvalue weighted by atomic mass is 9.98. The van der Waals surface area contributed by atoms with Crippen molar-refractivity contribution in [1.82, 2.24) is 9.80 Å². The van der Waals surface area contributed by atoms with Gasteiger partial charge in [0.05, 0.1) is 5.60 Å². The SMILES string of the molecule is CCN1CCCC1CN(C)CCC1(O)CCCC1. The number of likely N-dealkylation sites (tertiary alicyclic amines) is 1. The molecular formula is C15H30N2O. The first-order chi connectivity index (χ1) is 8.63. The molecule has 1 unspecified atom stereocenters. The number of nitrogens with zero attached hydrogens (tertiary/aromatic N) is 2. The lowest BCUT2D eigenvalue weighted by Gasteiger charge is -2.30. The Morgan fingerprint density at radius 3 is 2.67 bits per heavy atom. The molecule has 0 aromatic heterocycles. The highest BCUT2D eigenvalue weighted by molar-refractivity contribution is 4.86. The highest BCUT2D eigenvalue weighted by Crippen LogP contribution is 2.32. The van der Waals surface area contributed by atoms with Gasteiger partial charge in [0, 0.05) is 19.1 Å². The Morgan fingerprint density at radius 2 is 2.00 bits per heavy atom. The molecule has 0 spiro atoms. The molecule has 1 heterocycles. The molecule has 1 aliphatic carbocycles. The number of rotatable bonds is 6. The van der Waals surface area contributed by atoms with Gasteiger partial charge in [-0.3, -0.25) is 4.90 Å². The Bertz CT molecular complexity index is 251. The van der Waals surface area contributed by atoms with E-state index in [4.69, 9.17) is 0 Å². The van der Waals surface area contributed by atoms with E-state index in [9.17, 15) is 5.11 Å². The van der Waals surface area contributed by atoms with E-state index in [0.717, 1.165) is 31.8 Å². The van der Waals surface area contributed by atoms with Crippen LogP contribution in [0.1, 0.15) is 51.9 Å². The minimum atomic E-state index is -0.339. The average Bonchev–Trinajstić information content (AvgIpc) is 2.96. The van der Waals surface area contributed by atoms with Crippen LogP contribution in [0.5, 0.6) is 0 Å². The van der Waals surface area contributed by atoms with E-state index in [1.165, 1.54) is 45.3 Å². The number of hydrogen-bond donors (Lipinski definition) is 1. The maximum Gasteiger partial charge on any atom is 0.0660 e. The van der Waals surface area contributed by atoms with Gasteiger partial charge in [-0.1, -0.05) is 19.8 Å². The molecule has 0 aromatic carbocycles. The molecule has 1 saturated carbocycles. The molecule has 106 valence electrons. The third-order valence-electron chi connectivity index (χ3n) is 4.92. The predicted molar refractivity (Wildman–Crippen MR) is 75.8 cm³/mol. The molecule has 2 rings (SSSR count). The first-order valence-electron chi connectivity index (χ1n) is 7.78. The largest absolute Gasteiger partial charge is 0.390 e. The van der Waals surface area contributed by atoms with Crippen molar-refractivity contribution in [1.29, 1.82) is 0 Å². The lowest BCUT2D eigenvalue weighted by molar-refractivity contribution is 0.0285. The summed E-state index contributed by atoms with van der Waals surface area (Å²) in [5.41, 5.74) is -0.339. The summed E-state index contributed by atoms with van der Waals surface area (Å²) in [6, 6.07) is 0.748. The monoisotopic (exact) mass is 254 g/mol. The fraction of sp³-hybridized carbons (Fsp3) is 1.00. The number of aliphatic hydroxyl groups is 1. The Balaban J connectivity index is 1.70. The van der Waals surface area contributed by atoms with Crippen LogP contribution in [0.2, 0.25) is 0 Å². The zero-order chi connectivity index (χ0) is 13.0. The van der Waals surface area contributed by atoms with E-state index in [-0.39, 0.29) is 5.60 Å². The van der Waals surface area contributed by atoms with E-state index in [1.54, 1.807) is 0 Å². The van der Waals surface area contributed by atoms with Crippen LogP contribution >= 0.6 is 0 Å². The van der Waals surface area contributed by atoms with Crippen LogP contribution in [-0.4, -0.2) is 59.8 Å². The van der Waals surface area contributed by atoms with Crippen LogP contribution in [-0.2, 0) is 0 Å². The Morgan fingerprint density at radius 1 is 1.28 bits per heavy atom. The standard InChI is InChI=1S/C15H30N2O/c1-3-17-11-6-7-14(17)13-16(2)12-10-15(18)8-4-5-9-15/h14,18H,3-13H2,1-2H3. The zero-order valence-corrected chi connectivity index (χ0v) is 12.2. The molecule has 0 bridgehead atoms. The molecule has 2 fully saturated rings. The molecule has 0 amide bonds. The second-order valence-electron chi connectivity index (χ2n) is 6.37. The summed E-state index contributed by atoms with van der Waals surface area (Å²) < 4.78 is 0. The fourth-order valence-electron chi connectivity index (χ4n) is 3.65. The third-order valence-corrected chi connectivity index (χ3v) is 4.92. The topological polar surface area (TPSA) is 26.7 Å². The maximum absolute atomic E-state index is 10.4. The minimum absolute atomic E-state index is 0.339. The van der Waals surface area contributed by atoms with Crippen molar-refractivity contribution in [2.24, 2.45) is 0 Å². The van der Waals surface area contributed by atoms with Gasteiger partial charge in [0.2, 0.25) is 0 Å². The molecule has 1 N–H and O–H groups in total. The molecule has 0 aromatic rings. The first kappa shape index (κ1) is 14.3. The van der Waals surface area contributed by atoms with E-state index in [1.807, 2.05) is 0 Å². The smallest absolute Gasteiger partial charge is 0.0660 e. The van der Waals surface area contributed by atoms with Gasteiger partial charge in [-0.05, 0) is 52.2 Å². The quantitative estimate of drug-likeness (QED) is 0.786. The summed E-state index contributed by atoms with van der Waals surface area (Å²) in [7, 11) is 2.21. The van der Waals surface area contributed by atoms with E-state index >= 15 is 0 Å². The van der Waals surface area contributed by atoms with Crippen LogP contribution in [0.15, 0.2) is 0 Å². The summed E-state index contributed by atoms with van der Waals surface area (Å²) in [5.74, 6) is 0. The van der Waals surface area contributed by atoms with Gasteiger partial charge in [-0.25, -0.2) is 0 Å². The summed E-state index contributed by atoms with van der Waals surface area (Å²) in [6.07, 6.45) is 8.14. The van der Waals surface area contributed by atoms with Crippen molar-refractivity contribution in [2.75, 3.05) is 33.2 Å². The highest BCUT2D eigenvalue weighted by Gasteiger charge is 2.31. The third kappa shape index (κ3) is 3.69. The fourth-order valence-corrected chi connectivity index (χ4v) is 3.65. The van der Waals surface area contributed by atoms with Crippen LogP contribution in [0.4, 0.5) is 0 Å². The average molecular weight is 254 g/mol. The van der Waals surface area contributed by atoms with Gasteiger partial charge >= 0.3 is 0 Å². The molecule has 1 saturated heterocycles. The lowest BCUT2D eigenvalue weighted by Crippen LogP contribution is -2.40. The summed E-state index contributed by atoms with van der Waals surface area (Å²) in [4.78, 5) is 5.02. The van der Waals surface area contributed by atoms with Gasteiger partial charge in [-0.2, -0.15) is 0 Å². The molecule has 1 atom stereocenters. The van der Waals surface area contributed by atoms with Gasteiger partial charge < -0.3 is 10.0 Å². The van der Waals surface area contributed by atoms with Crippen molar-refractivity contribution >= 4 is 0 Å². The first-order valence-corrected chi connectivity index (χ1v) is 7.78. The van der Waals surface area contributed by atoms with Crippen LogP contribution in [0, 0.1) is 0 Å². The van der Waals surface area contributed by atoms with Gasteiger partial charge in [0.25, 0.3) is 0 Å². The van der Waals surface area contributed by atoms with E-state index in [0.29, 0.717) is 0 Å². The van der Waals surface area contributed by atoms with E-state index in [2.05, 4.69) is 23.8 Å². The predicted octanol–water partition coefficient (Wildman–Crippen LogP) is 2.10. The second kappa shape index (κ2) is 6.36. The molecule has 3 nitrogen and oxygen atoms in total. The highest BCUT2D eigenvalue weighted by atomic mass is 16.3. The van der Waals surface area contributed by atoms with Crippen molar-refractivity contribution in [2.45, 2.75) is 63.5 Å². The van der Waals surface area contributed by atoms with Crippen LogP contribution in [0.25, 0.3) is 0 Å². The van der Waals surface area contributed by atoms with Crippen molar-refractivity contribution in [3.05, 3.63) is 0 Å². The van der Waals surface area contributed by atoms with Crippen molar-refractivity contribution in [3.8, 4) is 0 Å². The van der Waals surface area contributed by atoms with Gasteiger partial charge in [0.15, 0.2) is 0 Å². The Hall–Kier alpha value is -0.120. The normalized spacial score (nSPS) is 28.3. The van der Waals surface area contributed by atoms with Gasteiger partial charge in [-0.15, -0.1) is 0 Å². The maximum atomic E-state index is 10.4. The summed E-state index contributed by atoms with van der Waals surface area (Å²) >= 11 is 0. The molecule has 18 heavy (non-hydrogen) atoms. The molecule has 3 heteroatoms. The Kier molecular flexibility index (Phi) is 5.05. The number of hydrogen-bond acceptors (Lipinski definition) is 3. The van der Waals surface area contributed by atoms with Crippen molar-refractivity contribution in [3.63, 3.8) is 0 Å². The molecule has 0 radical (unpaired) electrons. The second-order valence-corrected chi connectivity index (χ2v) is 6.37. The van der Waals surface area contributed by atoms with Crippen LogP contribution in [0.3, 0.4) is 0 Å². The molecule has 1 aliphatic heterocycles. The summed E-state index contributed by atoms with van der Waals surface area (Å²) in [5, 5.41) is 10.4. The molecule has 2 aliphatic rings. The molecular weight excluding hydrogens is 224 g/mol. The van der Waals surface area contributed by atoms with Crippen LogP contribution < -0.4 is 0 Å². The zero-order valence-electron chi connectivity index (χ0n) is 12.2. The van der Waals surface area contributed by atoms with E-state index < -0.39 is 0 Å². The summed E-state index contributed by atoms with van der Waals surface area (Å²) in [6.45, 7) is 6.94. The van der Waals surface area contributed by atoms with Crippen molar-refractivity contribution < 1.29 is 5.11 Å². The van der Waals surface area contributed by atoms with Gasteiger partial charge in [0.1, 0.15) is 0 Å². The minimum Gasteiger partial charge on any atom is -0.390 e.